The summed E-state index contributed by atoms with van der Waals surface area (Å²) in [5.41, 5.74) is 16.6. The van der Waals surface area contributed by atoms with Gasteiger partial charge in [-0.2, -0.15) is 30.2 Å². The van der Waals surface area contributed by atoms with Crippen LogP contribution in [0.5, 0.6) is 0 Å². The Hall–Kier alpha value is -9.96. The summed E-state index contributed by atoms with van der Waals surface area (Å²) in [5, 5.41) is 48.7. The fourth-order valence-electron chi connectivity index (χ4n) is 17.7. The average molecular weight is 1940 g/mol. The number of hydrogen-bond donors (Lipinski definition) is 4. The summed E-state index contributed by atoms with van der Waals surface area (Å²) in [5.74, 6) is 1.57. The molecular formula is C102H125B2Br2ClN12O11P. The Morgan fingerprint density at radius 1 is 0.473 bits per heavy atom. The van der Waals surface area contributed by atoms with Gasteiger partial charge in [-0.1, -0.05) is 79.9 Å². The van der Waals surface area contributed by atoms with Gasteiger partial charge in [0.05, 0.1) is 100 Å². The molecule has 1 atom stereocenters. The summed E-state index contributed by atoms with van der Waals surface area (Å²) < 4.78 is 56.3. The van der Waals surface area contributed by atoms with Crippen LogP contribution in [0.4, 0.5) is 22.7 Å². The molecule has 10 aromatic rings. The third-order valence-electron chi connectivity index (χ3n) is 22.8. The standard InChI is InChI=1S/C32H34N4O3.C22H33BN2O3.C16H21BrN2O.C16H13ClN2O2.C9H16O2.C7H5BrN2.BH3P/c1-31(2)17-24(18-32(3,4)39-31)35-26-12-11-22(15-23(26)19-33)25-13-14-34-27-16-28(38-29(25)27)20-7-9-21(10-8-20)30(37)36(5)6;1-19(2)12-17(13-20(3,4)26-19)25-18-10-9-16(11-15(18)14-24)23-27-21(5,6)22(7,8)28-23;1-15(2)8-13(9-16(3,4)20-15)19-14-6-5-12(17)7-11(14)10-18;1-19(2)16(20)11-5-3-10(4-6-11)14-9-13-15(21-14)12(17)7-8-18-13;1-8(2)5-7(10)6-9(3,4)11-8;8-6-1-2-7(10)5(3-6)4-9;1-2/h7-16,24,35H,17-18H2,1-6H3;9-11,17,25H,12-13H2,1-8H3;5-7,13,19H,8-9H2,1-4H3;3-9H,1-2H3;5-6H2,1-4H3;1-3H,10H2;1H,2H2/i;;;;;;1D. The molecule has 5 fully saturated rings. The highest BCUT2D eigenvalue weighted by atomic mass is 79.9. The van der Waals surface area contributed by atoms with E-state index in [2.05, 4.69) is 168 Å². The molecule has 0 saturated carbocycles. The highest BCUT2D eigenvalue weighted by Crippen LogP contribution is 2.44. The van der Waals surface area contributed by atoms with Gasteiger partial charge in [0.1, 0.15) is 60.1 Å². The number of nitrogens with zero attached hydrogens (tertiary/aromatic N) is 8. The smallest absolute Gasteiger partial charge is 0.454 e. The Bertz CT molecular complexity index is 5870. The number of amides is 2. The number of carbonyl (C=O) groups excluding carboxylic acids is 3. The van der Waals surface area contributed by atoms with E-state index in [9.17, 15) is 30.2 Å². The lowest BCUT2D eigenvalue weighted by molar-refractivity contribution is -0.169. The van der Waals surface area contributed by atoms with Crippen molar-refractivity contribution >= 4 is 135 Å². The van der Waals surface area contributed by atoms with Crippen LogP contribution >= 0.6 is 52.6 Å². The topological polar surface area (TPSA) is 322 Å². The van der Waals surface area contributed by atoms with Crippen LogP contribution in [0.15, 0.2) is 176 Å². The van der Waals surface area contributed by atoms with E-state index in [1.807, 2.05) is 159 Å². The number of Topliss-reactive ketones (excluding diaryl/α,β-unsaturated/α-hetero) is 1. The maximum atomic E-state index is 12.2. The van der Waals surface area contributed by atoms with Crippen molar-refractivity contribution in [3.05, 3.63) is 205 Å². The highest BCUT2D eigenvalue weighted by Gasteiger charge is 2.52. The van der Waals surface area contributed by atoms with Crippen molar-refractivity contribution in [1.29, 1.82) is 22.4 Å². The number of nitriles is 4. The van der Waals surface area contributed by atoms with Gasteiger partial charge in [-0.25, -0.2) is 0 Å². The van der Waals surface area contributed by atoms with Crippen molar-refractivity contribution in [3.8, 4) is 58.1 Å². The molecule has 0 aliphatic carbocycles. The maximum Gasteiger partial charge on any atom is 0.494 e. The number of pyridine rings is 2. The normalized spacial score (nSPS) is 18.5. The van der Waals surface area contributed by atoms with Crippen LogP contribution < -0.4 is 27.1 Å². The van der Waals surface area contributed by atoms with Crippen LogP contribution in [0, 0.1) is 45.3 Å². The number of halogens is 3. The van der Waals surface area contributed by atoms with Crippen molar-refractivity contribution in [2.24, 2.45) is 0 Å². The Morgan fingerprint density at radius 3 is 1.19 bits per heavy atom. The Labute approximate surface area is 800 Å². The molecule has 15 rings (SSSR count). The molecule has 5 aliphatic heterocycles. The molecule has 5 aliphatic rings. The summed E-state index contributed by atoms with van der Waals surface area (Å²) in [4.78, 5) is 47.1. The van der Waals surface area contributed by atoms with E-state index in [0.29, 0.717) is 97.0 Å². The number of nitrogen functional groups attached to an aromatic ring is 1. The molecule has 1 radical (unpaired) electrons. The predicted molar refractivity (Wildman–Crippen MR) is 537 cm³/mol. The summed E-state index contributed by atoms with van der Waals surface area (Å²) in [6.07, 6.45) is 9.84. The zero-order valence-electron chi connectivity index (χ0n) is 80.9. The van der Waals surface area contributed by atoms with Gasteiger partial charge in [0.15, 0.2) is 11.2 Å². The summed E-state index contributed by atoms with van der Waals surface area (Å²) in [7, 11) is 9.74. The quantitative estimate of drug-likeness (QED) is 0.0501. The molecule has 1 unspecified atom stereocenters. The first-order valence-electron chi connectivity index (χ1n) is 44.2. The van der Waals surface area contributed by atoms with Gasteiger partial charge in [0.25, 0.3) is 11.8 Å². The lowest BCUT2D eigenvalue weighted by Crippen LogP contribution is -2.49. The molecule has 6 aromatic carbocycles. The maximum absolute atomic E-state index is 12.2. The number of ether oxygens (including phenoxy) is 4. The summed E-state index contributed by atoms with van der Waals surface area (Å²) >= 11 is 12.7. The minimum atomic E-state index is -0.466. The number of nitrogens with one attached hydrogen (secondary N) is 3. The number of furan rings is 2. The number of aromatic nitrogens is 2. The third kappa shape index (κ3) is 28.8. The SMILES string of the molecule is CC1(C)CC(=O)CC(C)(C)O1.CC1(C)CC(Nc2ccc(B3OC(C)(C)C(C)(C)O3)cc2C#N)CC(C)(C)O1.CC1(C)CC(Nc2ccc(Br)cc2C#N)CC(C)(C)O1.CN(C)C(=O)c1ccc(-c2cc3nccc(-c4ccc(NC5CC(C)(C)OC(C)(C)C5)c(C#N)c4)c3o2)cc1.CN(C)C(=O)c1ccc(-c2cc3nccc(Cl)c3o2)cc1.N#Cc1cc(Br)ccc1N.[2H][B]P. The van der Waals surface area contributed by atoms with Crippen LogP contribution in [0.1, 0.15) is 233 Å². The molecule has 0 spiro atoms. The fourth-order valence-corrected chi connectivity index (χ4v) is 18.6. The van der Waals surface area contributed by atoms with E-state index in [4.69, 9.17) is 61.0 Å². The largest absolute Gasteiger partial charge is 0.494 e. The van der Waals surface area contributed by atoms with Gasteiger partial charge in [0, 0.05) is 126 Å². The Morgan fingerprint density at radius 2 is 0.809 bits per heavy atom. The Balaban J connectivity index is 0.000000187. The zero-order valence-corrected chi connectivity index (χ0v) is 85.0. The number of carbonyl (C=O) groups is 3. The number of nitrogens with two attached hydrogens (primary N) is 1. The van der Waals surface area contributed by atoms with Gasteiger partial charge < -0.3 is 68.6 Å². The minimum Gasteiger partial charge on any atom is -0.454 e. The molecule has 4 aromatic heterocycles. The van der Waals surface area contributed by atoms with Crippen LogP contribution in [0.25, 0.3) is 56.0 Å². The molecule has 29 heteroatoms. The molecular weight excluding hydrogens is 1820 g/mol. The summed E-state index contributed by atoms with van der Waals surface area (Å²) in [6.45, 7) is 41.4. The van der Waals surface area contributed by atoms with Crippen molar-refractivity contribution < 1.29 is 51.5 Å². The van der Waals surface area contributed by atoms with E-state index in [1.54, 1.807) is 98.9 Å². The number of ketones is 1. The van der Waals surface area contributed by atoms with E-state index in [-0.39, 0.29) is 68.7 Å². The minimum absolute atomic E-state index is 0.0316. The van der Waals surface area contributed by atoms with Crippen LogP contribution in [-0.2, 0) is 33.1 Å². The van der Waals surface area contributed by atoms with E-state index < -0.39 is 18.3 Å². The molecule has 9 heterocycles. The van der Waals surface area contributed by atoms with Gasteiger partial charge in [-0.15, -0.1) is 0 Å². The molecule has 2 amide bonds. The van der Waals surface area contributed by atoms with Crippen LogP contribution in [0.3, 0.4) is 0 Å². The first-order valence-corrected chi connectivity index (χ1v) is 46.2. The number of rotatable bonds is 12. The number of anilines is 4. The number of benzene rings is 6. The van der Waals surface area contributed by atoms with E-state index in [1.165, 1.54) is 7.53 Å². The Kier molecular flexibility index (Phi) is 33.5. The first kappa shape index (κ1) is 103. The lowest BCUT2D eigenvalue weighted by atomic mass is 9.78. The second-order valence-corrected chi connectivity index (χ2v) is 42.2. The number of fused-ring (bicyclic) bond motifs is 2. The molecule has 5 saturated heterocycles. The van der Waals surface area contributed by atoms with Crippen LogP contribution in [-0.4, -0.2) is 156 Å². The van der Waals surface area contributed by atoms with Crippen LogP contribution in [0.2, 0.25) is 5.02 Å². The van der Waals surface area contributed by atoms with Gasteiger partial charge in [0.2, 0.25) is 0 Å². The van der Waals surface area contributed by atoms with E-state index in [0.717, 1.165) is 97.8 Å². The van der Waals surface area contributed by atoms with Gasteiger partial charge in [-0.3, -0.25) is 24.4 Å². The lowest BCUT2D eigenvalue weighted by Gasteiger charge is -2.45. The predicted octanol–water partition coefficient (Wildman–Crippen LogP) is 22.7. The molecule has 131 heavy (non-hydrogen) atoms. The monoisotopic (exact) mass is 1940 g/mol. The zero-order chi connectivity index (χ0) is 97.8. The van der Waals surface area contributed by atoms with Crippen molar-refractivity contribution in [2.75, 3.05) is 49.9 Å². The van der Waals surface area contributed by atoms with E-state index >= 15 is 0 Å². The molecule has 5 N–H and O–H groups in total. The van der Waals surface area contributed by atoms with Gasteiger partial charge in [-0.05, 0) is 286 Å². The average Bonchev–Trinajstić information content (AvgIpc) is 1.55. The summed E-state index contributed by atoms with van der Waals surface area (Å²) in [6, 6.07) is 54.3. The van der Waals surface area contributed by atoms with Crippen molar-refractivity contribution in [2.45, 2.75) is 264 Å². The molecule has 23 nitrogen and oxygen atoms in total. The second kappa shape index (κ2) is 42.5. The van der Waals surface area contributed by atoms with Crippen molar-refractivity contribution in [3.63, 3.8) is 0 Å². The van der Waals surface area contributed by atoms with Gasteiger partial charge >= 0.3 is 7.12 Å². The highest BCUT2D eigenvalue weighted by molar-refractivity contribution is 9.10. The molecule has 0 bridgehead atoms. The molecule has 691 valence electrons. The fraction of sp³-hybridized carbons (Fsp3) is 0.441. The second-order valence-electron chi connectivity index (χ2n) is 40.0. The van der Waals surface area contributed by atoms with Crippen molar-refractivity contribution in [1.82, 2.24) is 19.8 Å². The first-order chi connectivity index (χ1) is 61.4. The third-order valence-corrected chi connectivity index (χ3v) is 24.0. The number of hydrogen-bond acceptors (Lipinski definition) is 21.